The first-order valence-corrected chi connectivity index (χ1v) is 9.37. The van der Waals surface area contributed by atoms with Gasteiger partial charge in [0.2, 0.25) is 0 Å². The van der Waals surface area contributed by atoms with Crippen LogP contribution in [0.3, 0.4) is 0 Å². The highest BCUT2D eigenvalue weighted by Crippen LogP contribution is 2.31. The molecule has 0 saturated carbocycles. The molecule has 6 nitrogen and oxygen atoms in total. The first-order valence-electron chi connectivity index (χ1n) is 8.55. The number of carbonyl (C=O) groups excluding carboxylic acids is 3. The lowest BCUT2D eigenvalue weighted by atomic mass is 9.87. The molecule has 4 amide bonds. The van der Waals surface area contributed by atoms with E-state index in [1.807, 2.05) is 39.0 Å². The van der Waals surface area contributed by atoms with Crippen molar-refractivity contribution in [3.63, 3.8) is 0 Å². The van der Waals surface area contributed by atoms with Crippen LogP contribution in [0.1, 0.15) is 45.9 Å². The van der Waals surface area contributed by atoms with Crippen LogP contribution >= 0.6 is 11.3 Å². The fourth-order valence-electron chi connectivity index (χ4n) is 3.18. The van der Waals surface area contributed by atoms with Gasteiger partial charge < -0.3 is 5.32 Å². The molecule has 1 saturated heterocycles. The SMILES string of the molecule is CCc1sc(C(=O)NN2C(=O)N[C@@](CC)(c3ccccc3)C2=O)cc1C. The van der Waals surface area contributed by atoms with Gasteiger partial charge in [-0.1, -0.05) is 44.2 Å². The predicted octanol–water partition coefficient (Wildman–Crippen LogP) is 3.12. The summed E-state index contributed by atoms with van der Waals surface area (Å²) in [6.07, 6.45) is 1.21. The van der Waals surface area contributed by atoms with Crippen LogP contribution in [0, 0.1) is 6.92 Å². The van der Waals surface area contributed by atoms with Crippen molar-refractivity contribution in [1.82, 2.24) is 15.8 Å². The molecule has 136 valence electrons. The molecule has 2 aromatic rings. The maximum Gasteiger partial charge on any atom is 0.344 e. The third-order valence-corrected chi connectivity index (χ3v) is 6.05. The molecule has 0 unspecified atom stereocenters. The Morgan fingerprint density at radius 2 is 1.92 bits per heavy atom. The number of rotatable bonds is 5. The molecular weight excluding hydrogens is 350 g/mol. The number of thiophene rings is 1. The molecule has 1 aromatic heterocycles. The highest BCUT2D eigenvalue weighted by molar-refractivity contribution is 7.14. The van der Waals surface area contributed by atoms with Crippen LogP contribution in [0.4, 0.5) is 4.79 Å². The lowest BCUT2D eigenvalue weighted by Gasteiger charge is -2.25. The number of benzene rings is 1. The second-order valence-electron chi connectivity index (χ2n) is 6.21. The normalized spacial score (nSPS) is 19.6. The van der Waals surface area contributed by atoms with Crippen LogP contribution in [0.25, 0.3) is 0 Å². The molecule has 0 spiro atoms. The summed E-state index contributed by atoms with van der Waals surface area (Å²) in [5.41, 5.74) is 3.03. The van der Waals surface area contributed by atoms with Crippen molar-refractivity contribution in [3.05, 3.63) is 57.3 Å². The Balaban J connectivity index is 1.86. The Kier molecular flexibility index (Phi) is 4.82. The standard InChI is InChI=1S/C19H21N3O3S/c1-4-14-12(3)11-15(26-14)16(23)21-22-17(24)19(5-2,20-18(22)25)13-9-7-6-8-10-13/h6-11H,4-5H2,1-3H3,(H,20,25)(H,21,23)/t19-/m0/s1. The third kappa shape index (κ3) is 2.88. The van der Waals surface area contributed by atoms with Gasteiger partial charge in [0.05, 0.1) is 4.88 Å². The van der Waals surface area contributed by atoms with E-state index in [-0.39, 0.29) is 0 Å². The number of carbonyl (C=O) groups is 3. The second-order valence-corrected chi connectivity index (χ2v) is 7.34. The van der Waals surface area contributed by atoms with Gasteiger partial charge in [-0.2, -0.15) is 5.01 Å². The Labute approximate surface area is 156 Å². The van der Waals surface area contributed by atoms with Crippen molar-refractivity contribution in [2.45, 2.75) is 39.2 Å². The summed E-state index contributed by atoms with van der Waals surface area (Å²) in [5, 5.41) is 3.54. The average molecular weight is 371 g/mol. The van der Waals surface area contributed by atoms with E-state index in [4.69, 9.17) is 0 Å². The van der Waals surface area contributed by atoms with Gasteiger partial charge in [0.25, 0.3) is 11.8 Å². The molecular formula is C19H21N3O3S. The number of hydrogen-bond donors (Lipinski definition) is 2. The zero-order valence-corrected chi connectivity index (χ0v) is 15.8. The largest absolute Gasteiger partial charge is 0.344 e. The van der Waals surface area contributed by atoms with Crippen LogP contribution in [0.2, 0.25) is 0 Å². The Bertz CT molecular complexity index is 862. The number of imide groups is 1. The third-order valence-electron chi connectivity index (χ3n) is 4.67. The summed E-state index contributed by atoms with van der Waals surface area (Å²) < 4.78 is 0. The van der Waals surface area contributed by atoms with Crippen molar-refractivity contribution >= 4 is 29.2 Å². The Morgan fingerprint density at radius 3 is 2.50 bits per heavy atom. The fraction of sp³-hybridized carbons (Fsp3) is 0.316. The molecule has 0 bridgehead atoms. The fourth-order valence-corrected chi connectivity index (χ4v) is 4.18. The summed E-state index contributed by atoms with van der Waals surface area (Å²) in [7, 11) is 0. The Morgan fingerprint density at radius 1 is 1.23 bits per heavy atom. The minimum atomic E-state index is -1.16. The highest BCUT2D eigenvalue weighted by atomic mass is 32.1. The summed E-state index contributed by atoms with van der Waals surface area (Å²) >= 11 is 1.37. The van der Waals surface area contributed by atoms with E-state index in [9.17, 15) is 14.4 Å². The summed E-state index contributed by atoms with van der Waals surface area (Å²) in [5.74, 6) is -0.935. The smallest absolute Gasteiger partial charge is 0.318 e. The maximum atomic E-state index is 13.0. The summed E-state index contributed by atoms with van der Waals surface area (Å²) in [6.45, 7) is 5.79. The molecule has 1 aliphatic heterocycles. The summed E-state index contributed by atoms with van der Waals surface area (Å²) in [4.78, 5) is 39.5. The number of aryl methyl sites for hydroxylation is 2. The van der Waals surface area contributed by atoms with Gasteiger partial charge in [0, 0.05) is 4.88 Å². The van der Waals surface area contributed by atoms with E-state index in [0.717, 1.165) is 21.9 Å². The quantitative estimate of drug-likeness (QED) is 0.793. The van der Waals surface area contributed by atoms with Gasteiger partial charge in [0.1, 0.15) is 5.54 Å². The first-order chi connectivity index (χ1) is 12.4. The molecule has 0 aliphatic carbocycles. The van der Waals surface area contributed by atoms with Crippen LogP contribution < -0.4 is 10.7 Å². The number of nitrogens with one attached hydrogen (secondary N) is 2. The van der Waals surface area contributed by atoms with Crippen molar-refractivity contribution in [2.24, 2.45) is 0 Å². The van der Waals surface area contributed by atoms with Gasteiger partial charge in [-0.3, -0.25) is 15.0 Å². The van der Waals surface area contributed by atoms with Crippen LogP contribution in [0.15, 0.2) is 36.4 Å². The van der Waals surface area contributed by atoms with Gasteiger partial charge in [-0.05, 0) is 37.0 Å². The molecule has 26 heavy (non-hydrogen) atoms. The van der Waals surface area contributed by atoms with Crippen molar-refractivity contribution in [3.8, 4) is 0 Å². The zero-order chi connectivity index (χ0) is 18.9. The van der Waals surface area contributed by atoms with E-state index >= 15 is 0 Å². The molecule has 2 N–H and O–H groups in total. The molecule has 1 aromatic carbocycles. The molecule has 1 fully saturated rings. The molecule has 0 radical (unpaired) electrons. The average Bonchev–Trinajstić information content (AvgIpc) is 3.15. The number of amides is 4. The topological polar surface area (TPSA) is 78.5 Å². The summed E-state index contributed by atoms with van der Waals surface area (Å²) in [6, 6.07) is 10.2. The number of nitrogens with zero attached hydrogens (tertiary/aromatic N) is 1. The Hall–Kier alpha value is -2.67. The molecule has 1 aliphatic rings. The van der Waals surface area contributed by atoms with Gasteiger partial charge in [0.15, 0.2) is 0 Å². The minimum Gasteiger partial charge on any atom is -0.318 e. The van der Waals surface area contributed by atoms with E-state index in [1.165, 1.54) is 11.3 Å². The molecule has 7 heteroatoms. The highest BCUT2D eigenvalue weighted by Gasteiger charge is 2.52. The monoisotopic (exact) mass is 371 g/mol. The van der Waals surface area contributed by atoms with Crippen molar-refractivity contribution in [2.75, 3.05) is 0 Å². The van der Waals surface area contributed by atoms with E-state index in [2.05, 4.69) is 10.7 Å². The van der Waals surface area contributed by atoms with Crippen molar-refractivity contribution in [1.29, 1.82) is 0 Å². The number of hydrazine groups is 1. The van der Waals surface area contributed by atoms with E-state index in [0.29, 0.717) is 16.9 Å². The van der Waals surface area contributed by atoms with Gasteiger partial charge in [-0.25, -0.2) is 4.79 Å². The van der Waals surface area contributed by atoms with Gasteiger partial charge >= 0.3 is 6.03 Å². The number of urea groups is 1. The van der Waals surface area contributed by atoms with E-state index in [1.54, 1.807) is 18.2 Å². The van der Waals surface area contributed by atoms with Crippen LogP contribution in [-0.4, -0.2) is 22.9 Å². The maximum absolute atomic E-state index is 13.0. The molecule has 1 atom stereocenters. The first kappa shape index (κ1) is 18.1. The zero-order valence-electron chi connectivity index (χ0n) is 15.0. The van der Waals surface area contributed by atoms with E-state index < -0.39 is 23.4 Å². The molecule has 2 heterocycles. The second kappa shape index (κ2) is 6.92. The molecule has 3 rings (SSSR count). The lowest BCUT2D eigenvalue weighted by Crippen LogP contribution is -2.48. The van der Waals surface area contributed by atoms with Crippen LogP contribution in [-0.2, 0) is 16.8 Å². The van der Waals surface area contributed by atoms with Crippen molar-refractivity contribution < 1.29 is 14.4 Å². The number of hydrogen-bond acceptors (Lipinski definition) is 4. The predicted molar refractivity (Wildman–Crippen MR) is 99.7 cm³/mol. The van der Waals surface area contributed by atoms with Gasteiger partial charge in [-0.15, -0.1) is 11.3 Å². The lowest BCUT2D eigenvalue weighted by molar-refractivity contribution is -0.133. The van der Waals surface area contributed by atoms with Crippen LogP contribution in [0.5, 0.6) is 0 Å². The minimum absolute atomic E-state index is 0.381.